The Balaban J connectivity index is 1.61. The summed E-state index contributed by atoms with van der Waals surface area (Å²) < 4.78 is 32.0. The molecule has 0 unspecified atom stereocenters. The Morgan fingerprint density at radius 1 is 1.05 bits per heavy atom. The van der Waals surface area contributed by atoms with Crippen molar-refractivity contribution in [3.63, 3.8) is 0 Å². The summed E-state index contributed by atoms with van der Waals surface area (Å²) in [5, 5.41) is 11.5. The van der Waals surface area contributed by atoms with Gasteiger partial charge in [-0.25, -0.2) is 0 Å². The third kappa shape index (κ3) is 5.74. The molecule has 9 heteroatoms. The zero-order valence-corrected chi connectivity index (χ0v) is 24.1. The molecule has 38 heavy (non-hydrogen) atoms. The molecule has 2 heterocycles. The van der Waals surface area contributed by atoms with E-state index in [-0.39, 0.29) is 11.6 Å². The number of aliphatic carboxylic acids is 1. The normalized spacial score (nSPS) is 26.9. The lowest BCUT2D eigenvalue weighted by Gasteiger charge is -2.45. The number of rotatable bonds is 9. The van der Waals surface area contributed by atoms with Gasteiger partial charge in [0.05, 0.1) is 19.3 Å². The molecule has 2 fully saturated rings. The van der Waals surface area contributed by atoms with Gasteiger partial charge in [-0.15, -0.1) is 0 Å². The van der Waals surface area contributed by atoms with E-state index < -0.39 is 56.6 Å². The first-order valence-electron chi connectivity index (χ1n) is 13.2. The maximum atomic E-state index is 11.4. The van der Waals surface area contributed by atoms with E-state index in [9.17, 15) is 9.90 Å². The van der Waals surface area contributed by atoms with E-state index in [0.29, 0.717) is 6.61 Å². The summed E-state index contributed by atoms with van der Waals surface area (Å²) in [4.78, 5) is 11.4. The molecule has 2 saturated heterocycles. The number of carbonyl (C=O) groups is 1. The molecule has 0 aromatic heterocycles. The van der Waals surface area contributed by atoms with E-state index in [2.05, 4.69) is 69.3 Å². The topological polar surface area (TPSA) is 109 Å². The van der Waals surface area contributed by atoms with Gasteiger partial charge in [0.2, 0.25) is 0 Å². The minimum absolute atomic E-state index is 0.176. The predicted molar refractivity (Wildman–Crippen MR) is 147 cm³/mol. The summed E-state index contributed by atoms with van der Waals surface area (Å²) in [5.41, 5.74) is 5.79. The van der Waals surface area contributed by atoms with Crippen LogP contribution in [0.3, 0.4) is 0 Å². The molecule has 6 atom stereocenters. The van der Waals surface area contributed by atoms with Gasteiger partial charge >= 0.3 is 5.97 Å². The summed E-state index contributed by atoms with van der Waals surface area (Å²) in [6.45, 7) is 12.6. The Hall–Kier alpha value is -2.11. The van der Waals surface area contributed by atoms with Gasteiger partial charge < -0.3 is 34.2 Å². The summed E-state index contributed by atoms with van der Waals surface area (Å²) in [6.07, 6.45) is -2.54. The van der Waals surface area contributed by atoms with Crippen LogP contribution < -0.4 is 16.1 Å². The van der Waals surface area contributed by atoms with E-state index in [1.54, 1.807) is 6.92 Å². The predicted octanol–water partition coefficient (Wildman–Crippen LogP) is 2.67. The highest BCUT2D eigenvalue weighted by molar-refractivity contribution is 6.99. The van der Waals surface area contributed by atoms with Crippen LogP contribution in [-0.2, 0) is 28.2 Å². The minimum Gasteiger partial charge on any atom is -0.480 e. The molecular formula is C29H41NO7Si. The van der Waals surface area contributed by atoms with Crippen LogP contribution in [0.4, 0.5) is 0 Å². The van der Waals surface area contributed by atoms with Crippen molar-refractivity contribution in [3.05, 3.63) is 60.7 Å². The first kappa shape index (κ1) is 28.9. The van der Waals surface area contributed by atoms with Crippen LogP contribution in [0.5, 0.6) is 0 Å². The second kappa shape index (κ2) is 11.2. The Kier molecular flexibility index (Phi) is 8.49. The van der Waals surface area contributed by atoms with Crippen LogP contribution in [0.25, 0.3) is 0 Å². The number of nitrogens with two attached hydrogens (primary N) is 1. The molecule has 2 aliphatic rings. The number of fused-ring (bicyclic) bond motifs is 1. The van der Waals surface area contributed by atoms with Crippen molar-refractivity contribution in [1.82, 2.24) is 0 Å². The second-order valence-corrected chi connectivity index (χ2v) is 16.0. The van der Waals surface area contributed by atoms with Gasteiger partial charge in [0, 0.05) is 0 Å². The van der Waals surface area contributed by atoms with Crippen LogP contribution in [0.2, 0.25) is 5.04 Å². The Morgan fingerprint density at radius 3 is 2.08 bits per heavy atom. The Bertz CT molecular complexity index is 1040. The number of ether oxygens (including phenoxy) is 4. The van der Waals surface area contributed by atoms with Crippen molar-refractivity contribution in [1.29, 1.82) is 0 Å². The van der Waals surface area contributed by atoms with Crippen molar-refractivity contribution in [2.45, 2.75) is 88.9 Å². The molecule has 8 nitrogen and oxygen atoms in total. The van der Waals surface area contributed by atoms with Crippen LogP contribution in [0.1, 0.15) is 41.5 Å². The molecular weight excluding hydrogens is 502 g/mol. The molecule has 2 aromatic rings. The molecule has 3 N–H and O–H groups in total. The van der Waals surface area contributed by atoms with E-state index in [1.165, 1.54) is 10.4 Å². The summed E-state index contributed by atoms with van der Waals surface area (Å²) in [5.74, 6) is -1.97. The van der Waals surface area contributed by atoms with Crippen LogP contribution in [0.15, 0.2) is 60.7 Å². The van der Waals surface area contributed by atoms with Gasteiger partial charge in [0.1, 0.15) is 30.5 Å². The van der Waals surface area contributed by atoms with Crippen LogP contribution in [-0.4, -0.2) is 75.0 Å². The Labute approximate surface area is 226 Å². The molecule has 4 rings (SSSR count). The third-order valence-electron chi connectivity index (χ3n) is 7.43. The number of carboxylic acid groups (broad SMARTS) is 1. The third-order valence-corrected chi connectivity index (χ3v) is 12.4. The first-order chi connectivity index (χ1) is 17.9. The van der Waals surface area contributed by atoms with Crippen LogP contribution >= 0.6 is 0 Å². The maximum Gasteiger partial charge on any atom is 0.323 e. The molecule has 2 aliphatic heterocycles. The molecule has 0 spiro atoms. The zero-order valence-electron chi connectivity index (χ0n) is 23.1. The van der Waals surface area contributed by atoms with Gasteiger partial charge in [-0.2, -0.15) is 0 Å². The van der Waals surface area contributed by atoms with E-state index in [4.69, 9.17) is 29.1 Å². The minimum atomic E-state index is -2.77. The first-order valence-corrected chi connectivity index (χ1v) is 15.1. The lowest BCUT2D eigenvalue weighted by Crippen LogP contribution is -2.68. The van der Waals surface area contributed by atoms with Crippen molar-refractivity contribution in [2.75, 3.05) is 13.2 Å². The summed E-state index contributed by atoms with van der Waals surface area (Å²) in [7, 11) is -2.77. The van der Waals surface area contributed by atoms with Crippen LogP contribution in [0, 0.1) is 0 Å². The number of carboxylic acids is 1. The van der Waals surface area contributed by atoms with E-state index in [1.807, 2.05) is 26.0 Å². The van der Waals surface area contributed by atoms with Gasteiger partial charge in [-0.3, -0.25) is 4.79 Å². The highest BCUT2D eigenvalue weighted by Gasteiger charge is 2.55. The maximum absolute atomic E-state index is 11.4. The van der Waals surface area contributed by atoms with Crippen molar-refractivity contribution >= 4 is 24.7 Å². The van der Waals surface area contributed by atoms with Crippen molar-refractivity contribution in [3.8, 4) is 0 Å². The smallest absolute Gasteiger partial charge is 0.323 e. The summed E-state index contributed by atoms with van der Waals surface area (Å²) >= 11 is 0. The van der Waals surface area contributed by atoms with Gasteiger partial charge in [-0.1, -0.05) is 81.4 Å². The van der Waals surface area contributed by atoms with Gasteiger partial charge in [-0.05, 0) is 36.2 Å². The molecule has 2 aromatic carbocycles. The average molecular weight is 544 g/mol. The Morgan fingerprint density at radius 2 is 1.58 bits per heavy atom. The quantitative estimate of drug-likeness (QED) is 0.465. The second-order valence-electron chi connectivity index (χ2n) is 11.7. The molecule has 0 radical (unpaired) electrons. The lowest BCUT2D eigenvalue weighted by molar-refractivity contribution is -0.187. The van der Waals surface area contributed by atoms with Crippen molar-refractivity contribution < 1.29 is 33.3 Å². The fourth-order valence-corrected chi connectivity index (χ4v) is 10.2. The highest BCUT2D eigenvalue weighted by atomic mass is 28.4. The number of hydrogen-bond donors (Lipinski definition) is 2. The fraction of sp³-hybridized carbons (Fsp3) is 0.552. The molecule has 0 saturated carbocycles. The largest absolute Gasteiger partial charge is 0.480 e. The monoisotopic (exact) mass is 543 g/mol. The SMILES string of the molecule is C[C@@H](O[C@H]1CO[C@H](CO[Si](c2ccccc2)(c2ccccc2)C(C)(C)C)[C@@H]2OC(C)(C)O[C@@H]21)[C@H](N)C(=O)O. The fourth-order valence-electron chi connectivity index (χ4n) is 5.59. The van der Waals surface area contributed by atoms with E-state index >= 15 is 0 Å². The standard InChI is InChI=1S/C29H41NO7Si/c1-19(24(30)27(31)32)35-23-17-33-22(25-26(23)37-29(5,6)36-25)18-34-38(28(2,3)4,20-13-9-7-10-14-20)21-15-11-8-12-16-21/h7-16,19,22-26H,17-18,30H2,1-6H3,(H,31,32)/t19-,22-,23+,24+,25+,26-/m1/s1. The highest BCUT2D eigenvalue weighted by Crippen LogP contribution is 2.40. The molecule has 208 valence electrons. The molecule has 0 bridgehead atoms. The van der Waals surface area contributed by atoms with Crippen molar-refractivity contribution in [2.24, 2.45) is 5.73 Å². The summed E-state index contributed by atoms with van der Waals surface area (Å²) in [6, 6.07) is 19.8. The number of benzene rings is 2. The molecule has 0 amide bonds. The lowest BCUT2D eigenvalue weighted by atomic mass is 10.00. The average Bonchev–Trinajstić information content (AvgIpc) is 3.21. The van der Waals surface area contributed by atoms with E-state index in [0.717, 1.165) is 0 Å². The van der Waals surface area contributed by atoms with Gasteiger partial charge in [0.25, 0.3) is 8.32 Å². The zero-order chi connectivity index (χ0) is 27.7. The molecule has 0 aliphatic carbocycles. The number of hydrogen-bond acceptors (Lipinski definition) is 7. The van der Waals surface area contributed by atoms with Gasteiger partial charge in [0.15, 0.2) is 5.79 Å².